The Bertz CT molecular complexity index is 458. The number of anilines is 1. The second kappa shape index (κ2) is 5.18. The van der Waals surface area contributed by atoms with Crippen molar-refractivity contribution in [3.63, 3.8) is 0 Å². The zero-order valence-corrected chi connectivity index (χ0v) is 10.6. The van der Waals surface area contributed by atoms with E-state index in [1.54, 1.807) is 29.4 Å². The van der Waals surface area contributed by atoms with Gasteiger partial charge in [0.1, 0.15) is 5.41 Å². The van der Waals surface area contributed by atoms with Crippen LogP contribution in [0.5, 0.6) is 0 Å². The lowest BCUT2D eigenvalue weighted by Crippen LogP contribution is -2.42. The Morgan fingerprint density at radius 3 is 2.56 bits per heavy atom. The molecule has 18 heavy (non-hydrogen) atoms. The maximum atomic E-state index is 12.6. The van der Waals surface area contributed by atoms with Crippen LogP contribution < -0.4 is 4.90 Å². The predicted molar refractivity (Wildman–Crippen MR) is 68.8 cm³/mol. The molecule has 0 N–H and O–H groups in total. The summed E-state index contributed by atoms with van der Waals surface area (Å²) in [5.74, 6) is -0.0591. The Labute approximate surface area is 107 Å². The molecule has 1 aliphatic rings. The zero-order valence-electron chi connectivity index (χ0n) is 10.6. The highest BCUT2D eigenvalue weighted by Gasteiger charge is 2.44. The maximum Gasteiger partial charge on any atom is 0.247 e. The van der Waals surface area contributed by atoms with E-state index in [1.807, 2.05) is 6.92 Å². The number of hydrogen-bond donors (Lipinski definition) is 0. The predicted octanol–water partition coefficient (Wildman–Crippen LogP) is 2.52. The highest BCUT2D eigenvalue weighted by molar-refractivity contribution is 5.99. The number of nitrogens with zero attached hydrogens (tertiary/aromatic N) is 3. The largest absolute Gasteiger partial charge is 0.311 e. The molecular weight excluding hydrogens is 226 g/mol. The number of amides is 1. The van der Waals surface area contributed by atoms with Crippen molar-refractivity contribution in [1.82, 2.24) is 4.98 Å². The van der Waals surface area contributed by atoms with Crippen LogP contribution in [0, 0.1) is 16.7 Å². The van der Waals surface area contributed by atoms with E-state index >= 15 is 0 Å². The third kappa shape index (κ3) is 2.08. The van der Waals surface area contributed by atoms with Gasteiger partial charge in [-0.25, -0.2) is 0 Å². The topological polar surface area (TPSA) is 57.0 Å². The molecule has 0 aromatic carbocycles. The van der Waals surface area contributed by atoms with Crippen LogP contribution in [-0.4, -0.2) is 17.4 Å². The molecule has 0 bridgehead atoms. The Hall–Kier alpha value is -1.89. The summed E-state index contributed by atoms with van der Waals surface area (Å²) >= 11 is 0. The number of carbonyl (C=O) groups is 1. The molecule has 0 unspecified atom stereocenters. The minimum absolute atomic E-state index is 0.0591. The highest BCUT2D eigenvalue weighted by Crippen LogP contribution is 2.39. The lowest BCUT2D eigenvalue weighted by Gasteiger charge is -2.28. The molecular formula is C14H17N3O. The second-order valence-corrected chi connectivity index (χ2v) is 4.66. The van der Waals surface area contributed by atoms with Crippen molar-refractivity contribution in [2.24, 2.45) is 5.41 Å². The summed E-state index contributed by atoms with van der Waals surface area (Å²) in [6.07, 6.45) is 6.63. The molecule has 4 nitrogen and oxygen atoms in total. The molecule has 1 aliphatic carbocycles. The lowest BCUT2D eigenvalue weighted by atomic mass is 9.86. The number of rotatable bonds is 3. The molecule has 1 amide bonds. The first-order valence-corrected chi connectivity index (χ1v) is 6.37. The quantitative estimate of drug-likeness (QED) is 0.819. The highest BCUT2D eigenvalue weighted by atomic mass is 16.2. The van der Waals surface area contributed by atoms with Crippen molar-refractivity contribution in [2.75, 3.05) is 11.4 Å². The fourth-order valence-electron chi connectivity index (χ4n) is 2.58. The lowest BCUT2D eigenvalue weighted by molar-refractivity contribution is -0.125. The zero-order chi connectivity index (χ0) is 13.0. The molecule has 1 aromatic rings. The van der Waals surface area contributed by atoms with Crippen molar-refractivity contribution in [2.45, 2.75) is 32.6 Å². The first-order chi connectivity index (χ1) is 8.73. The fraction of sp³-hybridized carbons (Fsp3) is 0.500. The van der Waals surface area contributed by atoms with E-state index in [0.29, 0.717) is 19.4 Å². The Balaban J connectivity index is 2.29. The molecule has 1 saturated carbocycles. The second-order valence-electron chi connectivity index (χ2n) is 4.66. The van der Waals surface area contributed by atoms with Gasteiger partial charge >= 0.3 is 0 Å². The molecule has 0 atom stereocenters. The number of hydrogen-bond acceptors (Lipinski definition) is 3. The number of aromatic nitrogens is 1. The van der Waals surface area contributed by atoms with Gasteiger partial charge in [0.15, 0.2) is 0 Å². The summed E-state index contributed by atoms with van der Waals surface area (Å²) in [5.41, 5.74) is 0.0123. The van der Waals surface area contributed by atoms with Crippen molar-refractivity contribution in [3.8, 4) is 6.07 Å². The molecule has 94 valence electrons. The van der Waals surface area contributed by atoms with Gasteiger partial charge in [-0.2, -0.15) is 5.26 Å². The van der Waals surface area contributed by atoms with Gasteiger partial charge in [0.05, 0.1) is 6.07 Å². The average Bonchev–Trinajstić information content (AvgIpc) is 2.91. The van der Waals surface area contributed by atoms with E-state index in [9.17, 15) is 10.1 Å². The Kier molecular flexibility index (Phi) is 3.61. The minimum Gasteiger partial charge on any atom is -0.311 e. The summed E-state index contributed by atoms with van der Waals surface area (Å²) in [4.78, 5) is 18.3. The van der Waals surface area contributed by atoms with E-state index < -0.39 is 5.41 Å². The van der Waals surface area contributed by atoms with Gasteiger partial charge in [-0.05, 0) is 31.9 Å². The summed E-state index contributed by atoms with van der Waals surface area (Å²) < 4.78 is 0. The van der Waals surface area contributed by atoms with Crippen LogP contribution in [0.25, 0.3) is 0 Å². The number of nitriles is 1. The summed E-state index contributed by atoms with van der Waals surface area (Å²) in [6.45, 7) is 2.50. The van der Waals surface area contributed by atoms with E-state index in [2.05, 4.69) is 11.1 Å². The van der Waals surface area contributed by atoms with Crippen molar-refractivity contribution in [1.29, 1.82) is 5.26 Å². The molecule has 0 aliphatic heterocycles. The third-order valence-electron chi connectivity index (χ3n) is 3.62. The van der Waals surface area contributed by atoms with Crippen LogP contribution in [0.1, 0.15) is 32.6 Å². The molecule has 0 spiro atoms. The Morgan fingerprint density at radius 2 is 2.06 bits per heavy atom. The molecule has 0 saturated heterocycles. The SMILES string of the molecule is CCN(C(=O)C1(C#N)CCCC1)c1ccncc1. The minimum atomic E-state index is -0.806. The monoisotopic (exact) mass is 243 g/mol. The van der Waals surface area contributed by atoms with Gasteiger partial charge in [-0.15, -0.1) is 0 Å². The van der Waals surface area contributed by atoms with Gasteiger partial charge in [0.2, 0.25) is 5.91 Å². The van der Waals surface area contributed by atoms with Crippen molar-refractivity contribution in [3.05, 3.63) is 24.5 Å². The van der Waals surface area contributed by atoms with Crippen LogP contribution in [0.4, 0.5) is 5.69 Å². The molecule has 4 heteroatoms. The van der Waals surface area contributed by atoms with E-state index in [0.717, 1.165) is 18.5 Å². The van der Waals surface area contributed by atoms with Crippen LogP contribution in [0.2, 0.25) is 0 Å². The molecule has 1 aromatic heterocycles. The summed E-state index contributed by atoms with van der Waals surface area (Å²) in [7, 11) is 0. The molecule has 0 radical (unpaired) electrons. The van der Waals surface area contributed by atoms with E-state index in [4.69, 9.17) is 0 Å². The van der Waals surface area contributed by atoms with Gasteiger partial charge in [0.25, 0.3) is 0 Å². The first kappa shape index (κ1) is 12.6. The van der Waals surface area contributed by atoms with Crippen molar-refractivity contribution >= 4 is 11.6 Å². The number of carbonyl (C=O) groups excluding carboxylic acids is 1. The van der Waals surface area contributed by atoms with Gasteiger partial charge < -0.3 is 4.90 Å². The third-order valence-corrected chi connectivity index (χ3v) is 3.62. The summed E-state index contributed by atoms with van der Waals surface area (Å²) in [5, 5.41) is 9.37. The standard InChI is InChI=1S/C14H17N3O/c1-2-17(12-5-9-16-10-6-12)13(18)14(11-15)7-3-4-8-14/h5-6,9-10H,2-4,7-8H2,1H3. The van der Waals surface area contributed by atoms with Crippen LogP contribution in [0.3, 0.4) is 0 Å². The van der Waals surface area contributed by atoms with E-state index in [-0.39, 0.29) is 5.91 Å². The molecule has 2 rings (SSSR count). The van der Waals surface area contributed by atoms with Gasteiger partial charge in [0, 0.05) is 24.6 Å². The van der Waals surface area contributed by atoms with Gasteiger partial charge in [-0.1, -0.05) is 12.8 Å². The first-order valence-electron chi connectivity index (χ1n) is 6.37. The fourth-order valence-corrected chi connectivity index (χ4v) is 2.58. The average molecular weight is 243 g/mol. The smallest absolute Gasteiger partial charge is 0.247 e. The Morgan fingerprint density at radius 1 is 1.44 bits per heavy atom. The summed E-state index contributed by atoms with van der Waals surface area (Å²) in [6, 6.07) is 5.87. The van der Waals surface area contributed by atoms with Gasteiger partial charge in [-0.3, -0.25) is 9.78 Å². The molecule has 1 heterocycles. The van der Waals surface area contributed by atoms with Crippen molar-refractivity contribution < 1.29 is 4.79 Å². The maximum absolute atomic E-state index is 12.6. The molecule has 1 fully saturated rings. The van der Waals surface area contributed by atoms with Crippen LogP contribution >= 0.6 is 0 Å². The van der Waals surface area contributed by atoms with E-state index in [1.165, 1.54) is 0 Å². The van der Waals surface area contributed by atoms with Crippen LogP contribution in [0.15, 0.2) is 24.5 Å². The number of pyridine rings is 1. The van der Waals surface area contributed by atoms with Crippen LogP contribution in [-0.2, 0) is 4.79 Å². The normalized spacial score (nSPS) is 17.1.